The molecule has 0 aromatic heterocycles. The molecular weight excluding hydrogens is 315 g/mol. The Morgan fingerprint density at radius 2 is 1.96 bits per heavy atom. The van der Waals surface area contributed by atoms with E-state index in [1.54, 1.807) is 24.4 Å². The Morgan fingerprint density at radius 1 is 1.26 bits per heavy atom. The Kier molecular flexibility index (Phi) is 6.87. The van der Waals surface area contributed by atoms with Crippen molar-refractivity contribution < 1.29 is 32.6 Å². The molecule has 0 aliphatic heterocycles. The lowest BCUT2D eigenvalue weighted by Crippen LogP contribution is -2.30. The van der Waals surface area contributed by atoms with E-state index < -0.39 is 18.1 Å². The lowest BCUT2D eigenvalue weighted by Gasteiger charge is -2.14. The molecule has 0 aliphatic carbocycles. The summed E-state index contributed by atoms with van der Waals surface area (Å²) in [5.41, 5.74) is 0.743. The lowest BCUT2D eigenvalue weighted by atomic mass is 10.1. The van der Waals surface area contributed by atoms with Crippen LogP contribution in [0.3, 0.4) is 0 Å². The second-order valence-corrected chi connectivity index (χ2v) is 4.82. The number of hydrogen-bond donors (Lipinski definition) is 2. The molecule has 0 bridgehead atoms. The van der Waals surface area contributed by atoms with E-state index in [2.05, 4.69) is 0 Å². The van der Waals surface area contributed by atoms with Crippen molar-refractivity contribution in [3.05, 3.63) is 23.8 Å². The van der Waals surface area contributed by atoms with Crippen molar-refractivity contribution in [3.8, 4) is 5.75 Å². The van der Waals surface area contributed by atoms with Crippen LogP contribution in [0.25, 0.3) is 0 Å². The second kappa shape index (κ2) is 8.40. The van der Waals surface area contributed by atoms with Crippen LogP contribution in [0.15, 0.2) is 18.2 Å². The quantitative estimate of drug-likeness (QED) is 0.715. The SMILES string of the molecule is CCOc1cc(CCCCC(=O)O)ccc1NC(=O)C(F)(F)F. The second-order valence-electron chi connectivity index (χ2n) is 4.82. The first kappa shape index (κ1) is 18.8. The number of amides is 1. The van der Waals surface area contributed by atoms with Gasteiger partial charge < -0.3 is 15.2 Å². The first-order valence-corrected chi connectivity index (χ1v) is 7.09. The summed E-state index contributed by atoms with van der Waals surface area (Å²) < 4.78 is 42.2. The number of halogens is 3. The third kappa shape index (κ3) is 6.58. The van der Waals surface area contributed by atoms with E-state index in [9.17, 15) is 22.8 Å². The van der Waals surface area contributed by atoms with Crippen molar-refractivity contribution in [2.24, 2.45) is 0 Å². The van der Waals surface area contributed by atoms with Gasteiger partial charge in [0, 0.05) is 6.42 Å². The zero-order chi connectivity index (χ0) is 17.5. The van der Waals surface area contributed by atoms with Crippen LogP contribution in [-0.4, -0.2) is 29.8 Å². The minimum atomic E-state index is -4.97. The smallest absolute Gasteiger partial charge is 0.471 e. The summed E-state index contributed by atoms with van der Waals surface area (Å²) in [5.74, 6) is -2.78. The van der Waals surface area contributed by atoms with Crippen LogP contribution in [0, 0.1) is 0 Å². The van der Waals surface area contributed by atoms with E-state index in [0.29, 0.717) is 19.3 Å². The molecule has 1 aromatic carbocycles. The van der Waals surface area contributed by atoms with Crippen molar-refractivity contribution in [1.29, 1.82) is 0 Å². The fourth-order valence-corrected chi connectivity index (χ4v) is 1.90. The van der Waals surface area contributed by atoms with Gasteiger partial charge in [-0.1, -0.05) is 6.07 Å². The zero-order valence-electron chi connectivity index (χ0n) is 12.6. The molecule has 0 aliphatic rings. The van der Waals surface area contributed by atoms with Crippen LogP contribution in [0.2, 0.25) is 0 Å². The summed E-state index contributed by atoms with van der Waals surface area (Å²) >= 11 is 0. The highest BCUT2D eigenvalue weighted by Crippen LogP contribution is 2.28. The van der Waals surface area contributed by atoms with E-state index in [1.165, 1.54) is 6.07 Å². The van der Waals surface area contributed by atoms with Gasteiger partial charge in [-0.15, -0.1) is 0 Å². The Balaban J connectivity index is 2.77. The molecule has 0 saturated heterocycles. The Hall–Kier alpha value is -2.25. The minimum absolute atomic E-state index is 0.0524. The number of aryl methyl sites for hydroxylation is 1. The molecule has 5 nitrogen and oxygen atoms in total. The Labute approximate surface area is 131 Å². The Bertz CT molecular complexity index is 558. The summed E-state index contributed by atoms with van der Waals surface area (Å²) in [7, 11) is 0. The maximum atomic E-state index is 12.3. The highest BCUT2D eigenvalue weighted by atomic mass is 19.4. The first-order chi connectivity index (χ1) is 10.7. The van der Waals surface area contributed by atoms with Gasteiger partial charge in [-0.2, -0.15) is 13.2 Å². The predicted molar refractivity (Wildman–Crippen MR) is 77.5 cm³/mol. The number of carboxylic acids is 1. The van der Waals surface area contributed by atoms with Crippen molar-refractivity contribution >= 4 is 17.6 Å². The molecule has 1 aromatic rings. The van der Waals surface area contributed by atoms with E-state index in [-0.39, 0.29) is 24.5 Å². The summed E-state index contributed by atoms with van der Waals surface area (Å²) in [6.45, 7) is 1.91. The van der Waals surface area contributed by atoms with E-state index in [4.69, 9.17) is 9.84 Å². The molecule has 0 saturated carbocycles. The van der Waals surface area contributed by atoms with Crippen LogP contribution >= 0.6 is 0 Å². The van der Waals surface area contributed by atoms with Gasteiger partial charge in [-0.25, -0.2) is 0 Å². The van der Waals surface area contributed by atoms with E-state index >= 15 is 0 Å². The van der Waals surface area contributed by atoms with Crippen molar-refractivity contribution in [2.75, 3.05) is 11.9 Å². The average Bonchev–Trinajstić information content (AvgIpc) is 2.45. The summed E-state index contributed by atoms with van der Waals surface area (Å²) in [6.07, 6.45) is -3.20. The normalized spacial score (nSPS) is 11.1. The van der Waals surface area contributed by atoms with Gasteiger partial charge in [0.2, 0.25) is 0 Å². The number of carbonyl (C=O) groups excluding carboxylic acids is 1. The third-order valence-corrected chi connectivity index (χ3v) is 2.96. The molecule has 128 valence electrons. The number of unbranched alkanes of at least 4 members (excludes halogenated alkanes) is 1. The number of ether oxygens (including phenoxy) is 1. The summed E-state index contributed by atoms with van der Waals surface area (Å²) in [4.78, 5) is 21.4. The molecule has 0 fully saturated rings. The number of rotatable bonds is 8. The molecule has 23 heavy (non-hydrogen) atoms. The Morgan fingerprint density at radius 3 is 2.52 bits per heavy atom. The van der Waals surface area contributed by atoms with E-state index in [1.807, 2.05) is 0 Å². The van der Waals surface area contributed by atoms with Crippen molar-refractivity contribution in [1.82, 2.24) is 0 Å². The highest BCUT2D eigenvalue weighted by Gasteiger charge is 2.39. The number of hydrogen-bond acceptors (Lipinski definition) is 3. The van der Waals surface area contributed by atoms with Crippen molar-refractivity contribution in [2.45, 2.75) is 38.8 Å². The molecule has 0 heterocycles. The predicted octanol–water partition coefficient (Wildman–Crippen LogP) is 3.38. The minimum Gasteiger partial charge on any atom is -0.492 e. The van der Waals surface area contributed by atoms with Gasteiger partial charge in [-0.05, 0) is 43.9 Å². The van der Waals surface area contributed by atoms with Crippen LogP contribution in [0.5, 0.6) is 5.75 Å². The summed E-state index contributed by atoms with van der Waals surface area (Å²) in [6, 6.07) is 4.48. The van der Waals surface area contributed by atoms with Gasteiger partial charge in [0.25, 0.3) is 0 Å². The maximum Gasteiger partial charge on any atom is 0.471 e. The van der Waals surface area contributed by atoms with Gasteiger partial charge >= 0.3 is 18.1 Å². The van der Waals surface area contributed by atoms with Crippen LogP contribution in [0.1, 0.15) is 31.7 Å². The van der Waals surface area contributed by atoms with E-state index in [0.717, 1.165) is 5.56 Å². The molecule has 8 heteroatoms. The van der Waals surface area contributed by atoms with Crippen molar-refractivity contribution in [3.63, 3.8) is 0 Å². The largest absolute Gasteiger partial charge is 0.492 e. The molecular formula is C15H18F3NO4. The van der Waals surface area contributed by atoms with Gasteiger partial charge in [0.1, 0.15) is 5.75 Å². The number of benzene rings is 1. The molecule has 0 radical (unpaired) electrons. The molecule has 1 rings (SSSR count). The monoisotopic (exact) mass is 333 g/mol. The van der Waals surface area contributed by atoms with Gasteiger partial charge in [0.15, 0.2) is 0 Å². The standard InChI is InChI=1S/C15H18F3NO4/c1-2-23-12-9-10(5-3-4-6-13(20)21)7-8-11(12)19-14(22)15(16,17)18/h7-9H,2-6H2,1H3,(H,19,22)(H,20,21). The average molecular weight is 333 g/mol. The molecule has 0 unspecified atom stereocenters. The number of anilines is 1. The zero-order valence-corrected chi connectivity index (χ0v) is 12.6. The number of alkyl halides is 3. The van der Waals surface area contributed by atoms with Crippen LogP contribution in [0.4, 0.5) is 18.9 Å². The lowest BCUT2D eigenvalue weighted by molar-refractivity contribution is -0.167. The number of carboxylic acid groups (broad SMARTS) is 1. The highest BCUT2D eigenvalue weighted by molar-refractivity contribution is 5.96. The van der Waals surface area contributed by atoms with Crippen LogP contribution in [-0.2, 0) is 16.0 Å². The number of carbonyl (C=O) groups is 2. The number of aliphatic carboxylic acids is 1. The fraction of sp³-hybridized carbons (Fsp3) is 0.467. The summed E-state index contributed by atoms with van der Waals surface area (Å²) in [5, 5.41) is 10.3. The molecule has 0 atom stereocenters. The van der Waals surface area contributed by atoms with Gasteiger partial charge in [-0.3, -0.25) is 9.59 Å². The first-order valence-electron chi connectivity index (χ1n) is 7.09. The van der Waals surface area contributed by atoms with Gasteiger partial charge in [0.05, 0.1) is 12.3 Å². The fourth-order valence-electron chi connectivity index (χ4n) is 1.90. The number of nitrogens with one attached hydrogen (secondary N) is 1. The maximum absolute atomic E-state index is 12.3. The molecule has 2 N–H and O–H groups in total. The third-order valence-electron chi connectivity index (χ3n) is 2.96. The molecule has 0 spiro atoms. The van der Waals surface area contributed by atoms with Crippen LogP contribution < -0.4 is 10.1 Å². The topological polar surface area (TPSA) is 75.6 Å². The molecule has 1 amide bonds.